The maximum Gasteiger partial charge on any atom is 0.255 e. The van der Waals surface area contributed by atoms with Crippen molar-refractivity contribution >= 4 is 38.4 Å². The number of carbonyl (C=O) groups excluding carboxylic acids is 1. The van der Waals surface area contributed by atoms with Crippen molar-refractivity contribution in [2.24, 2.45) is 0 Å². The number of rotatable bonds is 2. The van der Waals surface area contributed by atoms with E-state index in [2.05, 4.69) is 4.98 Å². The van der Waals surface area contributed by atoms with Crippen LogP contribution in [0.15, 0.2) is 36.5 Å². The lowest BCUT2D eigenvalue weighted by Gasteiger charge is -2.34. The maximum atomic E-state index is 12.9. The smallest absolute Gasteiger partial charge is 0.255 e. The number of carbonyl (C=O) groups is 1. The van der Waals surface area contributed by atoms with Gasteiger partial charge in [0.1, 0.15) is 5.37 Å². The Kier molecular flexibility index (Phi) is 4.10. The fraction of sp³-hybridized carbons (Fsp3) is 0.333. The van der Waals surface area contributed by atoms with Gasteiger partial charge in [-0.2, -0.15) is 11.8 Å². The fourth-order valence-electron chi connectivity index (χ4n) is 2.61. The van der Waals surface area contributed by atoms with Crippen LogP contribution < -0.4 is 0 Å². The molecule has 0 aliphatic carbocycles. The first-order valence-corrected chi connectivity index (χ1v) is 10.0. The summed E-state index contributed by atoms with van der Waals surface area (Å²) in [4.78, 5) is 18.6. The standard InChI is InChI=1S/C15H16N2O3S2/c1-22(19,20)14-10-21-9-8-17(14)15(18)12-4-2-6-13-11(12)5-3-7-16-13/h2-7,14H,8-10H2,1H3. The van der Waals surface area contributed by atoms with Gasteiger partial charge in [0.15, 0.2) is 9.84 Å². The number of aromatic nitrogens is 1. The third-order valence-corrected chi connectivity index (χ3v) is 6.36. The van der Waals surface area contributed by atoms with Crippen molar-refractivity contribution in [3.63, 3.8) is 0 Å². The maximum absolute atomic E-state index is 12.9. The van der Waals surface area contributed by atoms with E-state index in [1.165, 1.54) is 11.2 Å². The van der Waals surface area contributed by atoms with E-state index in [1.807, 2.05) is 12.1 Å². The number of thioether (sulfide) groups is 1. The molecule has 0 N–H and O–H groups in total. The fourth-order valence-corrected chi connectivity index (χ4v) is 5.43. The number of hydrogen-bond acceptors (Lipinski definition) is 5. The van der Waals surface area contributed by atoms with Crippen molar-refractivity contribution in [2.45, 2.75) is 5.37 Å². The highest BCUT2D eigenvalue weighted by Crippen LogP contribution is 2.25. The van der Waals surface area contributed by atoms with Gasteiger partial charge >= 0.3 is 0 Å². The van der Waals surface area contributed by atoms with Gasteiger partial charge in [-0.15, -0.1) is 0 Å². The lowest BCUT2D eigenvalue weighted by Crippen LogP contribution is -2.49. The van der Waals surface area contributed by atoms with Crippen molar-refractivity contribution in [3.8, 4) is 0 Å². The molecule has 1 fully saturated rings. The predicted molar refractivity (Wildman–Crippen MR) is 88.7 cm³/mol. The molecule has 2 aromatic rings. The average Bonchev–Trinajstić information content (AvgIpc) is 2.53. The highest BCUT2D eigenvalue weighted by atomic mass is 32.2. The van der Waals surface area contributed by atoms with Gasteiger partial charge in [0.2, 0.25) is 0 Å². The van der Waals surface area contributed by atoms with Crippen LogP contribution in [0.5, 0.6) is 0 Å². The number of fused-ring (bicyclic) bond motifs is 1. The van der Waals surface area contributed by atoms with Crippen LogP contribution in [0.25, 0.3) is 10.9 Å². The van der Waals surface area contributed by atoms with Crippen molar-refractivity contribution in [3.05, 3.63) is 42.1 Å². The summed E-state index contributed by atoms with van der Waals surface area (Å²) in [6.45, 7) is 0.442. The summed E-state index contributed by atoms with van der Waals surface area (Å²) in [5.74, 6) is 0.934. The Morgan fingerprint density at radius 1 is 1.32 bits per heavy atom. The molecule has 7 heteroatoms. The largest absolute Gasteiger partial charge is 0.320 e. The molecule has 22 heavy (non-hydrogen) atoms. The molecule has 1 aromatic heterocycles. The number of sulfone groups is 1. The Morgan fingerprint density at radius 3 is 2.91 bits per heavy atom. The molecule has 0 saturated carbocycles. The molecule has 5 nitrogen and oxygen atoms in total. The monoisotopic (exact) mass is 336 g/mol. The van der Waals surface area contributed by atoms with Gasteiger partial charge in [-0.25, -0.2) is 8.42 Å². The van der Waals surface area contributed by atoms with Gasteiger partial charge in [0.25, 0.3) is 5.91 Å². The zero-order valence-corrected chi connectivity index (χ0v) is 13.7. The third kappa shape index (κ3) is 2.83. The van der Waals surface area contributed by atoms with Crippen LogP contribution in [0, 0.1) is 0 Å². The Morgan fingerprint density at radius 2 is 2.14 bits per heavy atom. The summed E-state index contributed by atoms with van der Waals surface area (Å²) >= 11 is 1.56. The molecule has 2 heterocycles. The van der Waals surface area contributed by atoms with Crippen molar-refractivity contribution < 1.29 is 13.2 Å². The zero-order valence-electron chi connectivity index (χ0n) is 12.1. The SMILES string of the molecule is CS(=O)(=O)C1CSCCN1C(=O)c1cccc2ncccc12. The first kappa shape index (κ1) is 15.3. The molecular formula is C15H16N2O3S2. The van der Waals surface area contributed by atoms with Crippen LogP contribution >= 0.6 is 11.8 Å². The van der Waals surface area contributed by atoms with E-state index >= 15 is 0 Å². The minimum absolute atomic E-state index is 0.241. The molecule has 0 bridgehead atoms. The van der Waals surface area contributed by atoms with Gasteiger partial charge < -0.3 is 4.90 Å². The van der Waals surface area contributed by atoms with E-state index in [-0.39, 0.29) is 5.91 Å². The predicted octanol–water partition coefficient (Wildman–Crippen LogP) is 1.79. The van der Waals surface area contributed by atoms with Crippen molar-refractivity contribution in [2.75, 3.05) is 24.3 Å². The second kappa shape index (κ2) is 5.89. The van der Waals surface area contributed by atoms with E-state index in [0.29, 0.717) is 17.9 Å². The Bertz CT molecular complexity index is 815. The number of hydrogen-bond donors (Lipinski definition) is 0. The number of pyridine rings is 1. The lowest BCUT2D eigenvalue weighted by molar-refractivity contribution is 0.0751. The quantitative estimate of drug-likeness (QED) is 0.836. The summed E-state index contributed by atoms with van der Waals surface area (Å²) in [5, 5.41) is -0.00819. The van der Waals surface area contributed by atoms with Crippen LogP contribution in [-0.2, 0) is 9.84 Å². The lowest BCUT2D eigenvalue weighted by atomic mass is 10.1. The van der Waals surface area contributed by atoms with Crippen molar-refractivity contribution in [1.82, 2.24) is 9.88 Å². The van der Waals surface area contributed by atoms with Gasteiger partial charge in [-0.3, -0.25) is 9.78 Å². The van der Waals surface area contributed by atoms with E-state index < -0.39 is 15.2 Å². The molecule has 1 atom stereocenters. The second-order valence-corrected chi connectivity index (χ2v) is 8.59. The minimum Gasteiger partial charge on any atom is -0.320 e. The molecule has 1 aliphatic rings. The van der Waals surface area contributed by atoms with Gasteiger partial charge in [-0.05, 0) is 18.2 Å². The van der Waals surface area contributed by atoms with Crippen molar-refractivity contribution in [1.29, 1.82) is 0 Å². The van der Waals surface area contributed by atoms with Gasteiger partial charge in [0.05, 0.1) is 5.52 Å². The number of amides is 1. The Hall–Kier alpha value is -1.60. The normalized spacial score (nSPS) is 19.3. The topological polar surface area (TPSA) is 67.3 Å². The summed E-state index contributed by atoms with van der Waals surface area (Å²) in [7, 11) is -3.31. The summed E-state index contributed by atoms with van der Waals surface area (Å²) in [5.41, 5.74) is 1.24. The Balaban J connectivity index is 2.05. The zero-order chi connectivity index (χ0) is 15.7. The van der Waals surface area contributed by atoms with Gasteiger partial charge in [-0.1, -0.05) is 12.1 Å². The molecule has 1 unspecified atom stereocenters. The summed E-state index contributed by atoms with van der Waals surface area (Å²) in [6.07, 6.45) is 2.86. The highest BCUT2D eigenvalue weighted by Gasteiger charge is 2.35. The molecule has 3 rings (SSSR count). The van der Waals surface area contributed by atoms with Crippen LogP contribution in [0.1, 0.15) is 10.4 Å². The third-order valence-electron chi connectivity index (χ3n) is 3.72. The molecular weight excluding hydrogens is 320 g/mol. The molecule has 1 aromatic carbocycles. The summed E-state index contributed by atoms with van der Waals surface area (Å²) < 4.78 is 24.0. The van der Waals surface area contributed by atoms with Crippen LogP contribution in [0.3, 0.4) is 0 Å². The Labute approximate surface area is 133 Å². The molecule has 1 aliphatic heterocycles. The van der Waals surface area contributed by atoms with Crippen LogP contribution in [0.4, 0.5) is 0 Å². The molecule has 1 saturated heterocycles. The number of nitrogens with zero attached hydrogens (tertiary/aromatic N) is 2. The molecule has 0 radical (unpaired) electrons. The molecule has 0 spiro atoms. The summed E-state index contributed by atoms with van der Waals surface area (Å²) in [6, 6.07) is 8.96. The highest BCUT2D eigenvalue weighted by molar-refractivity contribution is 8.00. The van der Waals surface area contributed by atoms with E-state index in [0.717, 1.165) is 16.7 Å². The average molecular weight is 336 g/mol. The van der Waals surface area contributed by atoms with Gasteiger partial charge in [0, 0.05) is 41.5 Å². The minimum atomic E-state index is -3.31. The van der Waals surface area contributed by atoms with Crippen LogP contribution in [0.2, 0.25) is 0 Å². The first-order chi connectivity index (χ1) is 10.5. The van der Waals surface area contributed by atoms with Crippen LogP contribution in [-0.4, -0.2) is 53.9 Å². The van der Waals surface area contributed by atoms with E-state index in [4.69, 9.17) is 0 Å². The first-order valence-electron chi connectivity index (χ1n) is 6.90. The molecule has 116 valence electrons. The second-order valence-electron chi connectivity index (χ2n) is 5.23. The van der Waals surface area contributed by atoms with E-state index in [1.54, 1.807) is 36.2 Å². The number of benzene rings is 1. The van der Waals surface area contributed by atoms with E-state index in [9.17, 15) is 13.2 Å². The molecule has 1 amide bonds.